The van der Waals surface area contributed by atoms with E-state index in [9.17, 15) is 4.79 Å². The Kier molecular flexibility index (Phi) is 5.16. The van der Waals surface area contributed by atoms with E-state index >= 15 is 0 Å². The highest BCUT2D eigenvalue weighted by atomic mass is 16.5. The summed E-state index contributed by atoms with van der Waals surface area (Å²) in [6, 6.07) is 7.77. The van der Waals surface area contributed by atoms with Gasteiger partial charge in [0.25, 0.3) is 0 Å². The Bertz CT molecular complexity index is 403. The highest BCUT2D eigenvalue weighted by molar-refractivity contribution is 5.77. The lowest BCUT2D eigenvalue weighted by molar-refractivity contribution is -0.149. The van der Waals surface area contributed by atoms with Crippen LogP contribution in [-0.4, -0.2) is 37.1 Å². The second-order valence-electron chi connectivity index (χ2n) is 4.75. The molecule has 100 valence electrons. The van der Waals surface area contributed by atoms with E-state index in [0.717, 1.165) is 11.3 Å². The van der Waals surface area contributed by atoms with Crippen LogP contribution in [0.3, 0.4) is 0 Å². The summed E-state index contributed by atoms with van der Waals surface area (Å²) in [5, 5.41) is 3.56. The Hall–Kier alpha value is -1.55. The molecular formula is C14H22N2O2. The van der Waals surface area contributed by atoms with Crippen LogP contribution >= 0.6 is 0 Å². The van der Waals surface area contributed by atoms with Gasteiger partial charge >= 0.3 is 0 Å². The monoisotopic (exact) mass is 250 g/mol. The van der Waals surface area contributed by atoms with E-state index < -0.39 is 0 Å². The first kappa shape index (κ1) is 14.5. The van der Waals surface area contributed by atoms with Crippen LogP contribution in [0, 0.1) is 5.92 Å². The molecule has 0 saturated carbocycles. The molecule has 0 heterocycles. The summed E-state index contributed by atoms with van der Waals surface area (Å²) >= 11 is 0. The SMILES string of the molecule is COc1cccc(CN(C(=O)C(C)C)N(C)C)c1. The molecule has 4 heteroatoms. The first-order valence-electron chi connectivity index (χ1n) is 6.07. The molecule has 0 N–H and O–H groups in total. The molecule has 1 aromatic carbocycles. The largest absolute Gasteiger partial charge is 0.497 e. The average Bonchev–Trinajstić information content (AvgIpc) is 2.35. The number of benzene rings is 1. The maximum Gasteiger partial charge on any atom is 0.239 e. The zero-order valence-corrected chi connectivity index (χ0v) is 11.8. The van der Waals surface area contributed by atoms with Gasteiger partial charge in [0.05, 0.1) is 13.7 Å². The molecule has 0 aliphatic rings. The van der Waals surface area contributed by atoms with Gasteiger partial charge in [-0.15, -0.1) is 0 Å². The normalized spacial score (nSPS) is 10.8. The number of hydrazine groups is 1. The van der Waals surface area contributed by atoms with Crippen molar-refractivity contribution in [2.45, 2.75) is 20.4 Å². The van der Waals surface area contributed by atoms with Crippen molar-refractivity contribution in [2.24, 2.45) is 5.92 Å². The molecule has 0 radical (unpaired) electrons. The van der Waals surface area contributed by atoms with Crippen molar-refractivity contribution in [1.82, 2.24) is 10.0 Å². The molecule has 0 aliphatic carbocycles. The zero-order valence-electron chi connectivity index (χ0n) is 11.8. The van der Waals surface area contributed by atoms with Crippen molar-refractivity contribution in [1.29, 1.82) is 0 Å². The number of rotatable bonds is 5. The summed E-state index contributed by atoms with van der Waals surface area (Å²) < 4.78 is 5.19. The van der Waals surface area contributed by atoms with Crippen molar-refractivity contribution in [3.8, 4) is 5.75 Å². The molecule has 0 bridgehead atoms. The standard InChI is InChI=1S/C14H22N2O2/c1-11(2)14(17)16(15(3)4)10-12-7-6-8-13(9-12)18-5/h6-9,11H,10H2,1-5H3. The van der Waals surface area contributed by atoms with Gasteiger partial charge in [-0.3, -0.25) is 9.80 Å². The van der Waals surface area contributed by atoms with Crippen LogP contribution in [0.1, 0.15) is 19.4 Å². The third-order valence-electron chi connectivity index (χ3n) is 2.70. The third kappa shape index (κ3) is 3.74. The minimum Gasteiger partial charge on any atom is -0.497 e. The van der Waals surface area contributed by atoms with Crippen LogP contribution < -0.4 is 4.74 Å². The molecule has 0 atom stereocenters. The summed E-state index contributed by atoms with van der Waals surface area (Å²) in [6.07, 6.45) is 0. The lowest BCUT2D eigenvalue weighted by Crippen LogP contribution is -2.43. The average molecular weight is 250 g/mol. The van der Waals surface area contributed by atoms with E-state index in [1.54, 1.807) is 12.1 Å². The molecule has 0 aromatic heterocycles. The molecule has 0 unspecified atom stereocenters. The van der Waals surface area contributed by atoms with Gasteiger partial charge in [-0.25, -0.2) is 5.01 Å². The molecule has 4 nitrogen and oxygen atoms in total. The van der Waals surface area contributed by atoms with Crippen LogP contribution in [-0.2, 0) is 11.3 Å². The number of methoxy groups -OCH3 is 1. The number of ether oxygens (including phenoxy) is 1. The minimum atomic E-state index is -0.0157. The van der Waals surface area contributed by atoms with Crippen molar-refractivity contribution < 1.29 is 9.53 Å². The van der Waals surface area contributed by atoms with Gasteiger partial charge in [0.1, 0.15) is 5.75 Å². The molecule has 0 saturated heterocycles. The topological polar surface area (TPSA) is 32.8 Å². The predicted octanol–water partition coefficient (Wildman–Crippen LogP) is 2.16. The molecule has 0 spiro atoms. The van der Waals surface area contributed by atoms with E-state index in [1.165, 1.54) is 0 Å². The highest BCUT2D eigenvalue weighted by Gasteiger charge is 2.19. The molecule has 18 heavy (non-hydrogen) atoms. The van der Waals surface area contributed by atoms with Gasteiger partial charge in [0, 0.05) is 20.0 Å². The Morgan fingerprint density at radius 2 is 2.00 bits per heavy atom. The summed E-state index contributed by atoms with van der Waals surface area (Å²) in [4.78, 5) is 12.1. The Morgan fingerprint density at radius 1 is 1.33 bits per heavy atom. The minimum absolute atomic E-state index is 0.0157. The highest BCUT2D eigenvalue weighted by Crippen LogP contribution is 2.16. The summed E-state index contributed by atoms with van der Waals surface area (Å²) in [6.45, 7) is 4.37. The van der Waals surface area contributed by atoms with Crippen LogP contribution in [0.5, 0.6) is 5.75 Å². The van der Waals surface area contributed by atoms with Crippen LogP contribution in [0.15, 0.2) is 24.3 Å². The predicted molar refractivity (Wildman–Crippen MR) is 72.1 cm³/mol. The summed E-state index contributed by atoms with van der Waals surface area (Å²) in [5.74, 6) is 0.907. The summed E-state index contributed by atoms with van der Waals surface area (Å²) in [7, 11) is 5.39. The number of carbonyl (C=O) groups excluding carboxylic acids is 1. The van der Waals surface area contributed by atoms with Gasteiger partial charge < -0.3 is 4.74 Å². The van der Waals surface area contributed by atoms with E-state index in [2.05, 4.69) is 0 Å². The first-order valence-corrected chi connectivity index (χ1v) is 6.07. The quantitative estimate of drug-likeness (QED) is 0.751. The van der Waals surface area contributed by atoms with E-state index in [1.807, 2.05) is 57.2 Å². The maximum absolute atomic E-state index is 12.1. The zero-order chi connectivity index (χ0) is 13.7. The van der Waals surface area contributed by atoms with Crippen molar-refractivity contribution in [3.63, 3.8) is 0 Å². The van der Waals surface area contributed by atoms with E-state index in [0.29, 0.717) is 6.54 Å². The van der Waals surface area contributed by atoms with Gasteiger partial charge in [0.15, 0.2) is 0 Å². The number of hydrogen-bond donors (Lipinski definition) is 0. The molecule has 0 fully saturated rings. The lowest BCUT2D eigenvalue weighted by Gasteiger charge is -2.30. The Labute approximate surface area is 109 Å². The van der Waals surface area contributed by atoms with Crippen LogP contribution in [0.2, 0.25) is 0 Å². The Morgan fingerprint density at radius 3 is 2.50 bits per heavy atom. The number of nitrogens with zero attached hydrogens (tertiary/aromatic N) is 2. The van der Waals surface area contributed by atoms with Crippen LogP contribution in [0.4, 0.5) is 0 Å². The molecule has 1 rings (SSSR count). The fraction of sp³-hybridized carbons (Fsp3) is 0.500. The van der Waals surface area contributed by atoms with Crippen molar-refractivity contribution in [3.05, 3.63) is 29.8 Å². The van der Waals surface area contributed by atoms with Crippen LogP contribution in [0.25, 0.3) is 0 Å². The smallest absolute Gasteiger partial charge is 0.239 e. The van der Waals surface area contributed by atoms with E-state index in [-0.39, 0.29) is 11.8 Å². The second-order valence-corrected chi connectivity index (χ2v) is 4.75. The fourth-order valence-electron chi connectivity index (χ4n) is 1.66. The van der Waals surface area contributed by atoms with Gasteiger partial charge in [0.2, 0.25) is 5.91 Å². The third-order valence-corrected chi connectivity index (χ3v) is 2.70. The van der Waals surface area contributed by atoms with Gasteiger partial charge in [-0.05, 0) is 17.7 Å². The number of hydrogen-bond acceptors (Lipinski definition) is 3. The first-order chi connectivity index (χ1) is 8.45. The molecule has 1 aromatic rings. The molecule has 1 amide bonds. The molecule has 0 aliphatic heterocycles. The molecular weight excluding hydrogens is 228 g/mol. The van der Waals surface area contributed by atoms with Gasteiger partial charge in [-0.2, -0.15) is 0 Å². The number of amides is 1. The van der Waals surface area contributed by atoms with Crippen molar-refractivity contribution >= 4 is 5.91 Å². The summed E-state index contributed by atoms with van der Waals surface area (Å²) in [5.41, 5.74) is 1.05. The number of carbonyl (C=O) groups is 1. The van der Waals surface area contributed by atoms with Crippen molar-refractivity contribution in [2.75, 3.05) is 21.2 Å². The lowest BCUT2D eigenvalue weighted by atomic mass is 10.1. The second kappa shape index (κ2) is 6.40. The maximum atomic E-state index is 12.1. The fourth-order valence-corrected chi connectivity index (χ4v) is 1.66. The van der Waals surface area contributed by atoms with E-state index in [4.69, 9.17) is 4.74 Å². The Balaban J connectivity index is 2.86. The van der Waals surface area contributed by atoms with Gasteiger partial charge in [-0.1, -0.05) is 26.0 Å².